The van der Waals surface area contributed by atoms with E-state index in [-0.39, 0.29) is 12.5 Å². The van der Waals surface area contributed by atoms with Gasteiger partial charge in [-0.1, -0.05) is 36.4 Å². The molecule has 8 heteroatoms. The Morgan fingerprint density at radius 2 is 1.88 bits per heavy atom. The molecule has 0 fully saturated rings. The lowest BCUT2D eigenvalue weighted by Crippen LogP contribution is -2.30. The summed E-state index contributed by atoms with van der Waals surface area (Å²) in [6.45, 7) is 1.84. The van der Waals surface area contributed by atoms with Crippen molar-refractivity contribution in [2.24, 2.45) is 7.05 Å². The third-order valence-corrected chi connectivity index (χ3v) is 6.73. The summed E-state index contributed by atoms with van der Waals surface area (Å²) in [7, 11) is 1.89. The van der Waals surface area contributed by atoms with Gasteiger partial charge in [-0.15, -0.1) is 11.3 Å². The van der Waals surface area contributed by atoms with Crippen LogP contribution in [0.4, 0.5) is 0 Å². The molecule has 0 saturated heterocycles. The van der Waals surface area contributed by atoms with Crippen LogP contribution in [0.1, 0.15) is 26.2 Å². The summed E-state index contributed by atoms with van der Waals surface area (Å²) in [6.07, 6.45) is 7.61. The minimum absolute atomic E-state index is 0.166. The van der Waals surface area contributed by atoms with Gasteiger partial charge in [0, 0.05) is 41.0 Å². The fourth-order valence-corrected chi connectivity index (χ4v) is 4.88. The van der Waals surface area contributed by atoms with Gasteiger partial charge in [0.2, 0.25) is 0 Å². The molecule has 7 nitrogen and oxygen atoms in total. The molecule has 4 aromatic heterocycles. The highest BCUT2D eigenvalue weighted by Gasteiger charge is 2.20. The molecular formula is C25H23N5O2S. The lowest BCUT2D eigenvalue weighted by atomic mass is 10.1. The molecule has 0 bridgehead atoms. The van der Waals surface area contributed by atoms with Gasteiger partial charge in [0.1, 0.15) is 0 Å². The zero-order valence-corrected chi connectivity index (χ0v) is 19.1. The average molecular weight is 458 g/mol. The van der Waals surface area contributed by atoms with Crippen molar-refractivity contribution in [3.05, 3.63) is 88.6 Å². The zero-order valence-electron chi connectivity index (χ0n) is 18.3. The standard InChI is InChI=1S/C25H23N5O2S/c1-16-20(10-24(33-16)25(32)28-22(15-31)17-6-4-3-5-7-17)21-12-27-30-14-18(8-9-23(21)30)19-11-26-29(2)13-19/h3-14,22,31H,15H2,1-2H3,(H,28,32)/t22-/m1/s1. The van der Waals surface area contributed by atoms with Crippen LogP contribution in [0.25, 0.3) is 27.8 Å². The van der Waals surface area contributed by atoms with Crippen molar-refractivity contribution >= 4 is 22.8 Å². The van der Waals surface area contributed by atoms with Crippen molar-refractivity contribution in [3.8, 4) is 22.3 Å². The molecule has 0 radical (unpaired) electrons. The van der Waals surface area contributed by atoms with E-state index in [1.54, 1.807) is 4.68 Å². The topological polar surface area (TPSA) is 84.4 Å². The van der Waals surface area contributed by atoms with Crippen LogP contribution >= 0.6 is 11.3 Å². The van der Waals surface area contributed by atoms with Gasteiger partial charge in [0.15, 0.2) is 0 Å². The number of hydrogen-bond acceptors (Lipinski definition) is 5. The van der Waals surface area contributed by atoms with Crippen molar-refractivity contribution in [2.75, 3.05) is 6.61 Å². The molecule has 0 aliphatic heterocycles. The predicted molar refractivity (Wildman–Crippen MR) is 129 cm³/mol. The Kier molecular flexibility index (Phi) is 5.53. The fourth-order valence-electron chi connectivity index (χ4n) is 3.94. The number of aromatic nitrogens is 4. The Morgan fingerprint density at radius 1 is 1.06 bits per heavy atom. The maximum absolute atomic E-state index is 12.9. The SMILES string of the molecule is Cc1sc(C(=O)N[C@H](CO)c2ccccc2)cc1-c1cnn2cc(-c3cnn(C)c3)ccc12. The van der Waals surface area contributed by atoms with Gasteiger partial charge >= 0.3 is 0 Å². The summed E-state index contributed by atoms with van der Waals surface area (Å²) in [5, 5.41) is 21.5. The Balaban J connectivity index is 1.43. The van der Waals surface area contributed by atoms with E-state index in [9.17, 15) is 9.90 Å². The van der Waals surface area contributed by atoms with Crippen molar-refractivity contribution in [1.29, 1.82) is 0 Å². The molecule has 0 aliphatic rings. The third-order valence-electron chi connectivity index (χ3n) is 5.68. The molecule has 1 amide bonds. The molecule has 5 aromatic rings. The van der Waals surface area contributed by atoms with Crippen molar-refractivity contribution in [2.45, 2.75) is 13.0 Å². The molecule has 0 aliphatic carbocycles. The molecule has 0 unspecified atom stereocenters. The van der Waals surface area contributed by atoms with Crippen LogP contribution in [0.3, 0.4) is 0 Å². The second kappa shape index (κ2) is 8.65. The summed E-state index contributed by atoms with van der Waals surface area (Å²) in [5.41, 5.74) is 5.85. The van der Waals surface area contributed by atoms with Gasteiger partial charge in [0.05, 0.1) is 35.4 Å². The highest BCUT2D eigenvalue weighted by molar-refractivity contribution is 7.14. The number of nitrogens with zero attached hydrogens (tertiary/aromatic N) is 4. The number of rotatable bonds is 6. The van der Waals surface area contributed by atoms with Crippen LogP contribution in [-0.2, 0) is 7.05 Å². The van der Waals surface area contributed by atoms with E-state index < -0.39 is 6.04 Å². The van der Waals surface area contributed by atoms with Crippen molar-refractivity contribution < 1.29 is 9.90 Å². The predicted octanol–water partition coefficient (Wildman–Crippen LogP) is 4.24. The zero-order chi connectivity index (χ0) is 22.9. The number of aliphatic hydroxyl groups excluding tert-OH is 1. The first-order valence-electron chi connectivity index (χ1n) is 10.6. The second-order valence-corrected chi connectivity index (χ2v) is 9.16. The Hall–Kier alpha value is -3.75. The monoisotopic (exact) mass is 457 g/mol. The Bertz CT molecular complexity index is 1430. The van der Waals surface area contributed by atoms with Crippen LogP contribution in [0.5, 0.6) is 0 Å². The van der Waals surface area contributed by atoms with E-state index in [1.165, 1.54) is 11.3 Å². The number of nitrogens with one attached hydrogen (secondary N) is 1. The first kappa shape index (κ1) is 21.1. The number of thiophene rings is 1. The van der Waals surface area contributed by atoms with E-state index in [1.807, 2.05) is 85.7 Å². The normalized spacial score (nSPS) is 12.2. The number of carbonyl (C=O) groups is 1. The maximum Gasteiger partial charge on any atom is 0.261 e. The van der Waals surface area contributed by atoms with Gasteiger partial charge in [-0.2, -0.15) is 10.2 Å². The van der Waals surface area contributed by atoms with E-state index in [2.05, 4.69) is 21.6 Å². The van der Waals surface area contributed by atoms with Crippen LogP contribution in [0.15, 0.2) is 73.3 Å². The molecule has 4 heterocycles. The third kappa shape index (κ3) is 4.06. The van der Waals surface area contributed by atoms with Crippen molar-refractivity contribution in [1.82, 2.24) is 24.7 Å². The molecule has 166 valence electrons. The number of pyridine rings is 1. The number of aliphatic hydroxyl groups is 1. The number of fused-ring (bicyclic) bond motifs is 1. The Morgan fingerprint density at radius 3 is 2.61 bits per heavy atom. The van der Waals surface area contributed by atoms with E-state index in [0.717, 1.165) is 38.2 Å². The first-order chi connectivity index (χ1) is 16.0. The highest BCUT2D eigenvalue weighted by Crippen LogP contribution is 2.34. The number of aryl methyl sites for hydroxylation is 2. The molecule has 1 aromatic carbocycles. The number of amides is 1. The summed E-state index contributed by atoms with van der Waals surface area (Å²) in [5.74, 6) is -0.201. The van der Waals surface area contributed by atoms with Gasteiger partial charge in [0.25, 0.3) is 5.91 Å². The number of carbonyl (C=O) groups excluding carboxylic acids is 1. The first-order valence-corrected chi connectivity index (χ1v) is 11.4. The molecule has 0 saturated carbocycles. The van der Waals surface area contributed by atoms with Crippen molar-refractivity contribution in [3.63, 3.8) is 0 Å². The molecular weight excluding hydrogens is 434 g/mol. The molecule has 2 N–H and O–H groups in total. The largest absolute Gasteiger partial charge is 0.394 e. The number of benzene rings is 1. The summed E-state index contributed by atoms with van der Waals surface area (Å²) in [6, 6.07) is 15.0. The van der Waals surface area contributed by atoms with Crippen LogP contribution in [-0.4, -0.2) is 37.0 Å². The van der Waals surface area contributed by atoms with E-state index >= 15 is 0 Å². The van der Waals surface area contributed by atoms with Gasteiger partial charge in [-0.05, 0) is 30.2 Å². The van der Waals surface area contributed by atoms with Crippen LogP contribution in [0.2, 0.25) is 0 Å². The minimum atomic E-state index is -0.451. The highest BCUT2D eigenvalue weighted by atomic mass is 32.1. The lowest BCUT2D eigenvalue weighted by Gasteiger charge is -2.16. The summed E-state index contributed by atoms with van der Waals surface area (Å²) in [4.78, 5) is 14.6. The molecule has 0 spiro atoms. The maximum atomic E-state index is 12.9. The van der Waals surface area contributed by atoms with Crippen LogP contribution in [0, 0.1) is 6.92 Å². The summed E-state index contributed by atoms with van der Waals surface area (Å²) < 4.78 is 3.63. The quantitative estimate of drug-likeness (QED) is 0.400. The fraction of sp³-hybridized carbons (Fsp3) is 0.160. The van der Waals surface area contributed by atoms with Gasteiger partial charge in [-0.3, -0.25) is 9.48 Å². The average Bonchev–Trinajstić information content (AvgIpc) is 3.55. The Labute approximate surface area is 194 Å². The lowest BCUT2D eigenvalue weighted by molar-refractivity contribution is 0.0920. The number of hydrogen-bond donors (Lipinski definition) is 2. The molecule has 33 heavy (non-hydrogen) atoms. The van der Waals surface area contributed by atoms with E-state index in [0.29, 0.717) is 4.88 Å². The van der Waals surface area contributed by atoms with Gasteiger partial charge < -0.3 is 10.4 Å². The van der Waals surface area contributed by atoms with Crippen LogP contribution < -0.4 is 5.32 Å². The van der Waals surface area contributed by atoms with E-state index in [4.69, 9.17) is 0 Å². The minimum Gasteiger partial charge on any atom is -0.394 e. The summed E-state index contributed by atoms with van der Waals surface area (Å²) >= 11 is 1.44. The van der Waals surface area contributed by atoms with Gasteiger partial charge in [-0.25, -0.2) is 4.52 Å². The second-order valence-electron chi connectivity index (χ2n) is 7.91. The smallest absolute Gasteiger partial charge is 0.261 e. The molecule has 5 rings (SSSR count). The molecule has 1 atom stereocenters.